The molecule has 0 aromatic heterocycles. The third kappa shape index (κ3) is 7.05. The molecule has 2 amide bonds. The highest BCUT2D eigenvalue weighted by atomic mass is 16.6. The van der Waals surface area contributed by atoms with Gasteiger partial charge in [-0.1, -0.05) is 26.0 Å². The predicted octanol–water partition coefficient (Wildman–Crippen LogP) is 2.58. The molecule has 3 N–H and O–H groups in total. The SMILES string of the molecule is CC(C)CC(=O)Nc1ccc(C(=O)COC(=O)COc2ccccc2C(N)=O)cc1. The standard InChI is InChI=1S/C22H24N2O6/c1-14(2)11-20(26)24-16-9-7-15(8-10-16)18(25)12-30-21(27)13-29-19-6-4-3-5-17(19)22(23)28/h3-10,14H,11-13H2,1-2H3,(H2,23,28)(H,24,26). The van der Waals surface area contributed by atoms with Crippen LogP contribution in [0.1, 0.15) is 41.0 Å². The first-order chi connectivity index (χ1) is 14.3. The van der Waals surface area contributed by atoms with Gasteiger partial charge in [-0.15, -0.1) is 0 Å². The van der Waals surface area contributed by atoms with Crippen LogP contribution in [0.4, 0.5) is 5.69 Å². The minimum absolute atomic E-state index is 0.101. The molecule has 0 saturated heterocycles. The lowest BCUT2D eigenvalue weighted by atomic mass is 10.1. The van der Waals surface area contributed by atoms with Crippen molar-refractivity contribution in [2.24, 2.45) is 11.7 Å². The first-order valence-corrected chi connectivity index (χ1v) is 9.36. The molecule has 8 nitrogen and oxygen atoms in total. The normalized spacial score (nSPS) is 10.4. The number of Topliss-reactive ketones (excluding diaryl/α,β-unsaturated/α-hetero) is 1. The van der Waals surface area contributed by atoms with E-state index >= 15 is 0 Å². The molecule has 0 unspecified atom stereocenters. The third-order valence-corrected chi connectivity index (χ3v) is 3.95. The number of amides is 2. The van der Waals surface area contributed by atoms with Gasteiger partial charge in [0.05, 0.1) is 5.56 Å². The van der Waals surface area contributed by atoms with Crippen molar-refractivity contribution in [2.75, 3.05) is 18.5 Å². The maximum absolute atomic E-state index is 12.2. The number of hydrogen-bond donors (Lipinski definition) is 2. The summed E-state index contributed by atoms with van der Waals surface area (Å²) in [7, 11) is 0. The fourth-order valence-electron chi connectivity index (χ4n) is 2.53. The maximum Gasteiger partial charge on any atom is 0.344 e. The van der Waals surface area contributed by atoms with Gasteiger partial charge in [-0.3, -0.25) is 14.4 Å². The molecule has 2 aromatic carbocycles. The van der Waals surface area contributed by atoms with Gasteiger partial charge in [0, 0.05) is 17.7 Å². The van der Waals surface area contributed by atoms with Gasteiger partial charge in [0.2, 0.25) is 5.91 Å². The zero-order valence-electron chi connectivity index (χ0n) is 16.8. The minimum Gasteiger partial charge on any atom is -0.481 e. The van der Waals surface area contributed by atoms with Crippen molar-refractivity contribution in [1.29, 1.82) is 0 Å². The van der Waals surface area contributed by atoms with Crippen LogP contribution in [0.3, 0.4) is 0 Å². The molecule has 2 rings (SSSR count). The number of rotatable bonds is 10. The Hall–Kier alpha value is -3.68. The minimum atomic E-state index is -0.764. The second-order valence-electron chi connectivity index (χ2n) is 6.96. The number of carbonyl (C=O) groups excluding carboxylic acids is 4. The molecule has 30 heavy (non-hydrogen) atoms. The monoisotopic (exact) mass is 412 g/mol. The summed E-state index contributed by atoms with van der Waals surface area (Å²) in [5.41, 5.74) is 6.30. The number of hydrogen-bond acceptors (Lipinski definition) is 6. The number of para-hydroxylation sites is 1. The summed E-state index contributed by atoms with van der Waals surface area (Å²) in [4.78, 5) is 47.1. The molecule has 2 aromatic rings. The lowest BCUT2D eigenvalue weighted by Gasteiger charge is -2.10. The summed E-state index contributed by atoms with van der Waals surface area (Å²) in [5.74, 6) is -1.55. The van der Waals surface area contributed by atoms with E-state index in [2.05, 4.69) is 5.32 Å². The third-order valence-electron chi connectivity index (χ3n) is 3.95. The van der Waals surface area contributed by atoms with Gasteiger partial charge in [-0.25, -0.2) is 4.79 Å². The topological polar surface area (TPSA) is 125 Å². The molecule has 0 heterocycles. The average Bonchev–Trinajstić information content (AvgIpc) is 2.70. The second-order valence-corrected chi connectivity index (χ2v) is 6.96. The molecule has 158 valence electrons. The quantitative estimate of drug-likeness (QED) is 0.456. The van der Waals surface area contributed by atoms with E-state index in [0.717, 1.165) is 0 Å². The predicted molar refractivity (Wildman–Crippen MR) is 110 cm³/mol. The molecule has 0 radical (unpaired) electrons. The van der Waals surface area contributed by atoms with Gasteiger partial charge >= 0.3 is 5.97 Å². The highest BCUT2D eigenvalue weighted by Crippen LogP contribution is 2.17. The summed E-state index contributed by atoms with van der Waals surface area (Å²) in [6.45, 7) is 2.96. The molecular weight excluding hydrogens is 388 g/mol. The summed E-state index contributed by atoms with van der Waals surface area (Å²) < 4.78 is 10.2. The number of anilines is 1. The first-order valence-electron chi connectivity index (χ1n) is 9.36. The van der Waals surface area contributed by atoms with E-state index in [1.165, 1.54) is 12.1 Å². The Morgan fingerprint density at radius 1 is 0.967 bits per heavy atom. The number of carbonyl (C=O) groups is 4. The van der Waals surface area contributed by atoms with E-state index in [4.69, 9.17) is 15.2 Å². The molecule has 0 fully saturated rings. The number of benzene rings is 2. The van der Waals surface area contributed by atoms with Gasteiger partial charge in [0.25, 0.3) is 5.91 Å². The summed E-state index contributed by atoms with van der Waals surface area (Å²) in [6.07, 6.45) is 0.405. The van der Waals surface area contributed by atoms with E-state index in [-0.39, 0.29) is 23.1 Å². The van der Waals surface area contributed by atoms with Crippen molar-refractivity contribution >= 4 is 29.3 Å². The van der Waals surface area contributed by atoms with Gasteiger partial charge in [0.15, 0.2) is 19.0 Å². The molecule has 0 aliphatic heterocycles. The molecule has 0 aliphatic carbocycles. The lowest BCUT2D eigenvalue weighted by molar-refractivity contribution is -0.144. The van der Waals surface area contributed by atoms with Crippen molar-refractivity contribution in [3.8, 4) is 5.75 Å². The molecule has 0 spiro atoms. The van der Waals surface area contributed by atoms with Crippen LogP contribution in [0.25, 0.3) is 0 Å². The Bertz CT molecular complexity index is 921. The van der Waals surface area contributed by atoms with Crippen molar-refractivity contribution in [2.45, 2.75) is 20.3 Å². The number of esters is 1. The highest BCUT2D eigenvalue weighted by molar-refractivity contribution is 5.99. The summed E-state index contributed by atoms with van der Waals surface area (Å²) in [5, 5.41) is 2.75. The number of ether oxygens (including phenoxy) is 2. The van der Waals surface area contributed by atoms with E-state index in [1.807, 2.05) is 13.8 Å². The van der Waals surface area contributed by atoms with E-state index in [9.17, 15) is 19.2 Å². The Balaban J connectivity index is 1.82. The van der Waals surface area contributed by atoms with E-state index in [1.54, 1.807) is 36.4 Å². The Kier molecular flexibility index (Phi) is 8.10. The van der Waals surface area contributed by atoms with Crippen LogP contribution in [0.5, 0.6) is 5.75 Å². The van der Waals surface area contributed by atoms with Crippen LogP contribution >= 0.6 is 0 Å². The van der Waals surface area contributed by atoms with Crippen LogP contribution in [0.15, 0.2) is 48.5 Å². The molecule has 0 aliphatic rings. The van der Waals surface area contributed by atoms with Gasteiger partial charge in [-0.05, 0) is 42.3 Å². The van der Waals surface area contributed by atoms with Crippen LogP contribution < -0.4 is 15.8 Å². The van der Waals surface area contributed by atoms with Crippen LogP contribution in [0.2, 0.25) is 0 Å². The Labute approximate surface area is 174 Å². The van der Waals surface area contributed by atoms with Crippen LogP contribution in [-0.4, -0.2) is 36.8 Å². The summed E-state index contributed by atoms with van der Waals surface area (Å²) >= 11 is 0. The number of primary amides is 1. The molecule has 0 saturated carbocycles. The van der Waals surface area contributed by atoms with E-state index < -0.39 is 30.9 Å². The summed E-state index contributed by atoms with van der Waals surface area (Å²) in [6, 6.07) is 12.5. The van der Waals surface area contributed by atoms with Gasteiger partial charge < -0.3 is 20.5 Å². The van der Waals surface area contributed by atoms with Gasteiger partial charge in [0.1, 0.15) is 5.75 Å². The molecule has 8 heteroatoms. The number of nitrogens with one attached hydrogen (secondary N) is 1. The van der Waals surface area contributed by atoms with Crippen molar-refractivity contribution in [1.82, 2.24) is 0 Å². The van der Waals surface area contributed by atoms with Crippen LogP contribution in [0, 0.1) is 5.92 Å². The zero-order valence-corrected chi connectivity index (χ0v) is 16.8. The second kappa shape index (κ2) is 10.8. The molecule has 0 bridgehead atoms. The van der Waals surface area contributed by atoms with Gasteiger partial charge in [-0.2, -0.15) is 0 Å². The van der Waals surface area contributed by atoms with Crippen LogP contribution in [-0.2, 0) is 14.3 Å². The van der Waals surface area contributed by atoms with Crippen molar-refractivity contribution in [3.63, 3.8) is 0 Å². The average molecular weight is 412 g/mol. The number of nitrogens with two attached hydrogens (primary N) is 1. The smallest absolute Gasteiger partial charge is 0.344 e. The zero-order chi connectivity index (χ0) is 22.1. The Morgan fingerprint density at radius 2 is 1.63 bits per heavy atom. The number of ketones is 1. The maximum atomic E-state index is 12.2. The fraction of sp³-hybridized carbons (Fsp3) is 0.273. The Morgan fingerprint density at radius 3 is 2.27 bits per heavy atom. The highest BCUT2D eigenvalue weighted by Gasteiger charge is 2.14. The lowest BCUT2D eigenvalue weighted by Crippen LogP contribution is -2.21. The molecular formula is C22H24N2O6. The first kappa shape index (κ1) is 22.6. The fourth-order valence-corrected chi connectivity index (χ4v) is 2.53. The largest absolute Gasteiger partial charge is 0.481 e. The molecule has 0 atom stereocenters. The van der Waals surface area contributed by atoms with Crippen molar-refractivity contribution in [3.05, 3.63) is 59.7 Å². The van der Waals surface area contributed by atoms with Crippen molar-refractivity contribution < 1.29 is 28.7 Å². The van der Waals surface area contributed by atoms with E-state index in [0.29, 0.717) is 17.7 Å².